The Morgan fingerprint density at radius 3 is 2.61 bits per heavy atom. The molecule has 23 heavy (non-hydrogen) atoms. The van der Waals surface area contributed by atoms with Crippen LogP contribution in [0.2, 0.25) is 0 Å². The van der Waals surface area contributed by atoms with E-state index < -0.39 is 16.1 Å². The maximum absolute atomic E-state index is 12.1. The standard InChI is InChI=1S/C15H13N3O4S/c1-10-2-5-12(6-3-10)23(20,21)18-15(19)17-11-4-7-13-14(8-11)22-9-16-13/h2-9H,1H3,(H2,17,18,19). The number of amides is 2. The summed E-state index contributed by atoms with van der Waals surface area (Å²) in [5.74, 6) is 0. The number of urea groups is 1. The molecule has 118 valence electrons. The number of carbonyl (C=O) groups excluding carboxylic acids is 1. The minimum atomic E-state index is -3.93. The van der Waals surface area contributed by atoms with E-state index in [1.54, 1.807) is 30.3 Å². The van der Waals surface area contributed by atoms with Crippen molar-refractivity contribution in [1.29, 1.82) is 0 Å². The summed E-state index contributed by atoms with van der Waals surface area (Å²) in [6.07, 6.45) is 1.29. The van der Waals surface area contributed by atoms with Crippen molar-refractivity contribution in [2.75, 3.05) is 5.32 Å². The fraction of sp³-hybridized carbons (Fsp3) is 0.0667. The fourth-order valence-corrected chi connectivity index (χ4v) is 2.90. The molecular formula is C15H13N3O4S. The van der Waals surface area contributed by atoms with Crippen molar-refractivity contribution in [3.8, 4) is 0 Å². The molecule has 0 saturated heterocycles. The molecule has 1 heterocycles. The van der Waals surface area contributed by atoms with Crippen LogP contribution in [0, 0.1) is 6.92 Å². The lowest BCUT2D eigenvalue weighted by molar-refractivity contribution is 0.256. The van der Waals surface area contributed by atoms with E-state index in [9.17, 15) is 13.2 Å². The zero-order chi connectivity index (χ0) is 16.4. The maximum atomic E-state index is 12.1. The quantitative estimate of drug-likeness (QED) is 0.768. The van der Waals surface area contributed by atoms with Crippen LogP contribution in [-0.4, -0.2) is 19.4 Å². The number of benzene rings is 2. The minimum Gasteiger partial charge on any atom is -0.443 e. The molecule has 3 rings (SSSR count). The van der Waals surface area contributed by atoms with Crippen LogP contribution >= 0.6 is 0 Å². The number of carbonyl (C=O) groups is 1. The molecule has 0 spiro atoms. The molecule has 0 aliphatic rings. The first-order chi connectivity index (χ1) is 10.9. The third-order valence-corrected chi connectivity index (χ3v) is 4.49. The number of nitrogens with zero attached hydrogens (tertiary/aromatic N) is 1. The SMILES string of the molecule is Cc1ccc(S(=O)(=O)NC(=O)Nc2ccc3ncoc3c2)cc1. The third kappa shape index (κ3) is 3.32. The molecule has 7 nitrogen and oxygen atoms in total. The average Bonchev–Trinajstić information content (AvgIpc) is 2.94. The molecule has 1 aromatic heterocycles. The fourth-order valence-electron chi connectivity index (χ4n) is 1.99. The lowest BCUT2D eigenvalue weighted by Crippen LogP contribution is -2.34. The molecule has 0 radical (unpaired) electrons. The molecule has 0 fully saturated rings. The molecule has 2 amide bonds. The highest BCUT2D eigenvalue weighted by Gasteiger charge is 2.17. The van der Waals surface area contributed by atoms with Gasteiger partial charge in [-0.25, -0.2) is 22.9 Å². The van der Waals surface area contributed by atoms with Gasteiger partial charge in [0.2, 0.25) is 0 Å². The third-order valence-electron chi connectivity index (χ3n) is 3.15. The van der Waals surface area contributed by atoms with Crippen LogP contribution in [0.25, 0.3) is 11.1 Å². The summed E-state index contributed by atoms with van der Waals surface area (Å²) in [7, 11) is -3.93. The van der Waals surface area contributed by atoms with Crippen LogP contribution in [0.4, 0.5) is 10.5 Å². The first kappa shape index (κ1) is 15.0. The number of aromatic nitrogens is 1. The second-order valence-corrected chi connectivity index (χ2v) is 6.59. The summed E-state index contributed by atoms with van der Waals surface area (Å²) in [5.41, 5.74) is 2.45. The highest BCUT2D eigenvalue weighted by Crippen LogP contribution is 2.18. The zero-order valence-electron chi connectivity index (χ0n) is 12.1. The van der Waals surface area contributed by atoms with Gasteiger partial charge in [0.05, 0.1) is 4.90 Å². The lowest BCUT2D eigenvalue weighted by Gasteiger charge is -2.08. The summed E-state index contributed by atoms with van der Waals surface area (Å²) in [6.45, 7) is 1.84. The van der Waals surface area contributed by atoms with E-state index in [0.717, 1.165) is 5.56 Å². The van der Waals surface area contributed by atoms with Crippen LogP contribution in [0.5, 0.6) is 0 Å². The van der Waals surface area contributed by atoms with Crippen LogP contribution < -0.4 is 10.0 Å². The first-order valence-corrected chi connectivity index (χ1v) is 8.16. The lowest BCUT2D eigenvalue weighted by atomic mass is 10.2. The molecule has 0 aliphatic heterocycles. The monoisotopic (exact) mass is 331 g/mol. The summed E-state index contributed by atoms with van der Waals surface area (Å²) in [5, 5.41) is 2.44. The zero-order valence-corrected chi connectivity index (χ0v) is 12.9. The Bertz CT molecular complexity index is 962. The molecular weight excluding hydrogens is 318 g/mol. The summed E-state index contributed by atoms with van der Waals surface area (Å²) >= 11 is 0. The Labute approximate surface area is 132 Å². The van der Waals surface area contributed by atoms with Gasteiger partial charge in [-0.1, -0.05) is 17.7 Å². The Hall–Kier alpha value is -2.87. The van der Waals surface area contributed by atoms with E-state index in [0.29, 0.717) is 16.8 Å². The van der Waals surface area contributed by atoms with Crippen molar-refractivity contribution in [1.82, 2.24) is 9.71 Å². The molecule has 0 bridgehead atoms. The topological polar surface area (TPSA) is 101 Å². The van der Waals surface area contributed by atoms with Crippen LogP contribution in [0.1, 0.15) is 5.56 Å². The van der Waals surface area contributed by atoms with Gasteiger partial charge >= 0.3 is 6.03 Å². The molecule has 0 aliphatic carbocycles. The molecule has 8 heteroatoms. The molecule has 2 aromatic carbocycles. The number of aryl methyl sites for hydroxylation is 1. The van der Waals surface area contributed by atoms with Gasteiger partial charge in [-0.15, -0.1) is 0 Å². The second-order valence-electron chi connectivity index (χ2n) is 4.91. The smallest absolute Gasteiger partial charge is 0.333 e. The first-order valence-electron chi connectivity index (χ1n) is 6.68. The van der Waals surface area contributed by atoms with Gasteiger partial charge in [-0.05, 0) is 31.2 Å². The number of nitrogens with one attached hydrogen (secondary N) is 2. The molecule has 3 aromatic rings. The number of oxazole rings is 1. The number of hydrogen-bond acceptors (Lipinski definition) is 5. The van der Waals surface area contributed by atoms with Gasteiger partial charge in [0, 0.05) is 11.8 Å². The van der Waals surface area contributed by atoms with Gasteiger partial charge in [0.1, 0.15) is 5.52 Å². The van der Waals surface area contributed by atoms with Crippen molar-refractivity contribution in [2.45, 2.75) is 11.8 Å². The van der Waals surface area contributed by atoms with Crippen LogP contribution in [0.3, 0.4) is 0 Å². The van der Waals surface area contributed by atoms with Crippen molar-refractivity contribution in [3.63, 3.8) is 0 Å². The highest BCUT2D eigenvalue weighted by atomic mass is 32.2. The summed E-state index contributed by atoms with van der Waals surface area (Å²) in [4.78, 5) is 15.9. The van der Waals surface area contributed by atoms with Gasteiger partial charge < -0.3 is 9.73 Å². The summed E-state index contributed by atoms with van der Waals surface area (Å²) < 4.78 is 31.3. The normalized spacial score (nSPS) is 11.3. The van der Waals surface area contributed by atoms with Crippen molar-refractivity contribution in [2.24, 2.45) is 0 Å². The molecule has 2 N–H and O–H groups in total. The predicted octanol–water partition coefficient (Wildman–Crippen LogP) is 2.65. The van der Waals surface area contributed by atoms with Crippen molar-refractivity contribution >= 4 is 32.8 Å². The Morgan fingerprint density at radius 1 is 1.13 bits per heavy atom. The Balaban J connectivity index is 1.74. The predicted molar refractivity (Wildman–Crippen MR) is 84.5 cm³/mol. The van der Waals surface area contributed by atoms with Crippen molar-refractivity contribution < 1.29 is 17.6 Å². The number of anilines is 1. The minimum absolute atomic E-state index is 0.0175. The van der Waals surface area contributed by atoms with Gasteiger partial charge in [-0.3, -0.25) is 0 Å². The maximum Gasteiger partial charge on any atom is 0.333 e. The number of hydrogen-bond donors (Lipinski definition) is 2. The highest BCUT2D eigenvalue weighted by molar-refractivity contribution is 7.90. The summed E-state index contributed by atoms with van der Waals surface area (Å²) in [6, 6.07) is 10.1. The average molecular weight is 331 g/mol. The largest absolute Gasteiger partial charge is 0.443 e. The van der Waals surface area contributed by atoms with Gasteiger partial charge in [0.25, 0.3) is 10.0 Å². The van der Waals surface area contributed by atoms with Crippen LogP contribution in [0.15, 0.2) is 58.2 Å². The Morgan fingerprint density at radius 2 is 1.87 bits per heavy atom. The van der Waals surface area contributed by atoms with E-state index in [1.165, 1.54) is 18.5 Å². The van der Waals surface area contributed by atoms with Gasteiger partial charge in [-0.2, -0.15) is 0 Å². The van der Waals surface area contributed by atoms with E-state index in [2.05, 4.69) is 10.3 Å². The van der Waals surface area contributed by atoms with E-state index in [4.69, 9.17) is 4.42 Å². The molecule has 0 atom stereocenters. The van der Waals surface area contributed by atoms with Gasteiger partial charge in [0.15, 0.2) is 12.0 Å². The van der Waals surface area contributed by atoms with E-state index in [1.807, 2.05) is 11.6 Å². The number of rotatable bonds is 3. The number of sulfonamides is 1. The van der Waals surface area contributed by atoms with Crippen LogP contribution in [-0.2, 0) is 10.0 Å². The number of fused-ring (bicyclic) bond motifs is 1. The van der Waals surface area contributed by atoms with E-state index in [-0.39, 0.29) is 4.90 Å². The molecule has 0 saturated carbocycles. The Kier molecular flexibility index (Phi) is 3.75. The van der Waals surface area contributed by atoms with E-state index >= 15 is 0 Å². The molecule has 0 unspecified atom stereocenters. The van der Waals surface area contributed by atoms with Crippen molar-refractivity contribution in [3.05, 3.63) is 54.4 Å². The second kappa shape index (κ2) is 5.73.